The molecule has 17 heavy (non-hydrogen) atoms. The summed E-state index contributed by atoms with van der Waals surface area (Å²) in [6.45, 7) is 6.37. The molecule has 0 aliphatic carbocycles. The summed E-state index contributed by atoms with van der Waals surface area (Å²) in [5.41, 5.74) is -0.459. The number of hydrogen-bond acceptors (Lipinski definition) is 3. The lowest BCUT2D eigenvalue weighted by Crippen LogP contribution is -2.50. The van der Waals surface area contributed by atoms with E-state index in [1.54, 1.807) is 4.90 Å². The van der Waals surface area contributed by atoms with Crippen LogP contribution in [0.15, 0.2) is 0 Å². The third kappa shape index (κ3) is 4.62. The minimum absolute atomic E-state index is 0.146. The van der Waals surface area contributed by atoms with Crippen molar-refractivity contribution in [1.29, 1.82) is 0 Å². The van der Waals surface area contributed by atoms with Crippen molar-refractivity contribution in [1.82, 2.24) is 4.90 Å². The highest BCUT2D eigenvalue weighted by molar-refractivity contribution is 14.1. The molecule has 1 N–H and O–H groups in total. The fraction of sp³-hybridized carbons (Fsp3) is 0.917. The minimum atomic E-state index is -0.459. The number of likely N-dealkylation sites (tertiary alicyclic amines) is 1. The van der Waals surface area contributed by atoms with Crippen LogP contribution in [0.25, 0.3) is 0 Å². The summed E-state index contributed by atoms with van der Waals surface area (Å²) < 4.78 is 6.32. The molecule has 1 aliphatic heterocycles. The van der Waals surface area contributed by atoms with Crippen molar-refractivity contribution in [2.24, 2.45) is 5.92 Å². The molecule has 1 saturated heterocycles. The van der Waals surface area contributed by atoms with Crippen LogP contribution in [0.3, 0.4) is 0 Å². The van der Waals surface area contributed by atoms with Gasteiger partial charge in [0, 0.05) is 23.6 Å². The molecule has 0 aromatic heterocycles. The Hall–Kier alpha value is -0.0400. The van der Waals surface area contributed by atoms with E-state index < -0.39 is 5.60 Å². The lowest BCUT2D eigenvalue weighted by molar-refractivity contribution is 0.00215. The van der Waals surface area contributed by atoms with E-state index >= 15 is 0 Å². The number of aliphatic hydroxyl groups excluding tert-OH is 1. The minimum Gasteiger partial charge on any atom is -0.444 e. The molecule has 0 aromatic rings. The number of nitrogens with zero attached hydrogens (tertiary/aromatic N) is 1. The Labute approximate surface area is 117 Å². The van der Waals surface area contributed by atoms with Gasteiger partial charge in [-0.3, -0.25) is 0 Å². The van der Waals surface area contributed by atoms with Crippen molar-refractivity contribution in [2.45, 2.75) is 45.3 Å². The largest absolute Gasteiger partial charge is 0.444 e. The maximum Gasteiger partial charge on any atom is 0.410 e. The molecule has 0 spiro atoms. The molecule has 0 radical (unpaired) electrons. The van der Waals surface area contributed by atoms with Crippen LogP contribution in [-0.2, 0) is 4.74 Å². The topological polar surface area (TPSA) is 49.8 Å². The van der Waals surface area contributed by atoms with E-state index in [1.807, 2.05) is 20.8 Å². The van der Waals surface area contributed by atoms with Gasteiger partial charge in [0.05, 0.1) is 0 Å². The van der Waals surface area contributed by atoms with Gasteiger partial charge in [-0.05, 0) is 39.5 Å². The fourth-order valence-electron chi connectivity index (χ4n) is 1.96. The Morgan fingerprint density at radius 3 is 2.59 bits per heavy atom. The van der Waals surface area contributed by atoms with Gasteiger partial charge >= 0.3 is 6.09 Å². The van der Waals surface area contributed by atoms with Crippen molar-refractivity contribution < 1.29 is 14.6 Å². The zero-order valence-corrected chi connectivity index (χ0v) is 12.9. The first kappa shape index (κ1) is 15.0. The number of piperidine rings is 1. The second-order valence-electron chi connectivity index (χ2n) is 5.57. The van der Waals surface area contributed by atoms with Crippen molar-refractivity contribution >= 4 is 28.7 Å². The Bertz CT molecular complexity index is 265. The number of alkyl halides is 1. The predicted octanol–water partition coefficient (Wildman–Crippen LogP) is 2.43. The Kier molecular flexibility index (Phi) is 5.50. The van der Waals surface area contributed by atoms with E-state index in [1.165, 1.54) is 0 Å². The molecule has 1 fully saturated rings. The molecule has 1 heterocycles. The number of carbonyl (C=O) groups excluding carboxylic acids is 1. The summed E-state index contributed by atoms with van der Waals surface area (Å²) in [5, 5.41) is 9.20. The second kappa shape index (κ2) is 6.22. The number of halogens is 1. The summed E-state index contributed by atoms with van der Waals surface area (Å²) in [7, 11) is 0. The van der Waals surface area contributed by atoms with Gasteiger partial charge in [-0.25, -0.2) is 4.79 Å². The number of aliphatic hydroxyl groups is 1. The van der Waals surface area contributed by atoms with Crippen LogP contribution in [0.5, 0.6) is 0 Å². The molecular weight excluding hydrogens is 333 g/mol. The highest BCUT2D eigenvalue weighted by Crippen LogP contribution is 2.25. The number of rotatable bonds is 2. The lowest BCUT2D eigenvalue weighted by Gasteiger charge is -2.39. The highest BCUT2D eigenvalue weighted by Gasteiger charge is 2.33. The summed E-state index contributed by atoms with van der Waals surface area (Å²) >= 11 is 2.30. The zero-order valence-electron chi connectivity index (χ0n) is 10.8. The molecule has 1 unspecified atom stereocenters. The molecule has 100 valence electrons. The normalized spacial score (nSPS) is 25.8. The first-order valence-electron chi connectivity index (χ1n) is 6.04. The van der Waals surface area contributed by atoms with E-state index in [2.05, 4.69) is 22.6 Å². The standard InChI is InChI=1S/C12H22INO3/c1-12(2,3)17-11(16)14-7-9(8-15)4-5-10(14)6-13/h9-10,15H,4-8H2,1-3H3/t9-,10?/m1/s1. The van der Waals surface area contributed by atoms with Crippen LogP contribution in [0.2, 0.25) is 0 Å². The van der Waals surface area contributed by atoms with Gasteiger partial charge in [0.15, 0.2) is 0 Å². The van der Waals surface area contributed by atoms with Crippen LogP contribution in [0.4, 0.5) is 4.79 Å². The van der Waals surface area contributed by atoms with E-state index in [0.717, 1.165) is 17.3 Å². The fourth-order valence-corrected chi connectivity index (χ4v) is 2.87. The Morgan fingerprint density at radius 2 is 2.12 bits per heavy atom. The molecule has 5 heteroatoms. The summed E-state index contributed by atoms with van der Waals surface area (Å²) in [6, 6.07) is 0.244. The lowest BCUT2D eigenvalue weighted by atomic mass is 9.94. The average Bonchev–Trinajstić information content (AvgIpc) is 2.25. The van der Waals surface area contributed by atoms with Crippen LogP contribution >= 0.6 is 22.6 Å². The van der Waals surface area contributed by atoms with Crippen LogP contribution in [0.1, 0.15) is 33.6 Å². The van der Waals surface area contributed by atoms with Crippen LogP contribution in [-0.4, -0.2) is 45.3 Å². The smallest absolute Gasteiger partial charge is 0.410 e. The van der Waals surface area contributed by atoms with Crippen molar-refractivity contribution in [3.63, 3.8) is 0 Å². The average molecular weight is 355 g/mol. The third-order valence-corrected chi connectivity index (χ3v) is 3.88. The molecule has 0 bridgehead atoms. The number of hydrogen-bond donors (Lipinski definition) is 1. The van der Waals surface area contributed by atoms with E-state index in [4.69, 9.17) is 4.74 Å². The second-order valence-corrected chi connectivity index (χ2v) is 6.45. The van der Waals surface area contributed by atoms with Gasteiger partial charge in [-0.15, -0.1) is 0 Å². The molecule has 1 amide bonds. The molecule has 1 aliphatic rings. The van der Waals surface area contributed by atoms with E-state index in [-0.39, 0.29) is 24.7 Å². The quantitative estimate of drug-likeness (QED) is 0.612. The number of ether oxygens (including phenoxy) is 1. The summed E-state index contributed by atoms with van der Waals surface area (Å²) in [5.74, 6) is 0.196. The first-order valence-corrected chi connectivity index (χ1v) is 7.56. The van der Waals surface area contributed by atoms with Crippen molar-refractivity contribution in [3.8, 4) is 0 Å². The van der Waals surface area contributed by atoms with E-state index in [0.29, 0.717) is 6.54 Å². The molecule has 1 rings (SSSR count). The van der Waals surface area contributed by atoms with Gasteiger partial charge in [-0.1, -0.05) is 22.6 Å². The van der Waals surface area contributed by atoms with Crippen molar-refractivity contribution in [2.75, 3.05) is 17.6 Å². The van der Waals surface area contributed by atoms with Crippen LogP contribution in [0, 0.1) is 5.92 Å². The number of carbonyl (C=O) groups is 1. The number of amides is 1. The van der Waals surface area contributed by atoms with E-state index in [9.17, 15) is 9.90 Å². The molecule has 4 nitrogen and oxygen atoms in total. The Morgan fingerprint density at radius 1 is 1.47 bits per heavy atom. The van der Waals surface area contributed by atoms with Gasteiger partial charge < -0.3 is 14.7 Å². The Balaban J connectivity index is 2.66. The van der Waals surface area contributed by atoms with Crippen molar-refractivity contribution in [3.05, 3.63) is 0 Å². The molecule has 0 aromatic carbocycles. The summed E-state index contributed by atoms with van der Waals surface area (Å²) in [6.07, 6.45) is 1.69. The third-order valence-electron chi connectivity index (χ3n) is 2.87. The summed E-state index contributed by atoms with van der Waals surface area (Å²) in [4.78, 5) is 13.8. The molecule has 0 saturated carbocycles. The monoisotopic (exact) mass is 355 g/mol. The predicted molar refractivity (Wildman–Crippen MR) is 75.4 cm³/mol. The zero-order chi connectivity index (χ0) is 13.1. The van der Waals surface area contributed by atoms with Gasteiger partial charge in [0.2, 0.25) is 0 Å². The van der Waals surface area contributed by atoms with Gasteiger partial charge in [0.1, 0.15) is 5.60 Å². The molecule has 2 atom stereocenters. The van der Waals surface area contributed by atoms with Gasteiger partial charge in [-0.2, -0.15) is 0 Å². The maximum atomic E-state index is 12.1. The first-order chi connectivity index (χ1) is 7.87. The van der Waals surface area contributed by atoms with Gasteiger partial charge in [0.25, 0.3) is 0 Å². The van der Waals surface area contributed by atoms with Crippen LogP contribution < -0.4 is 0 Å². The SMILES string of the molecule is CC(C)(C)OC(=O)N1C[C@H](CO)CCC1CI. The highest BCUT2D eigenvalue weighted by atomic mass is 127. The maximum absolute atomic E-state index is 12.1. The molecular formula is C12H22INO3.